The van der Waals surface area contributed by atoms with Crippen molar-refractivity contribution in [3.63, 3.8) is 0 Å². The van der Waals surface area contributed by atoms with E-state index in [0.29, 0.717) is 5.02 Å². The van der Waals surface area contributed by atoms with E-state index in [1.807, 2.05) is 28.9 Å². The zero-order valence-corrected chi connectivity index (χ0v) is 8.94. The highest BCUT2D eigenvalue weighted by Gasteiger charge is 2.20. The van der Waals surface area contributed by atoms with Crippen molar-refractivity contribution >= 4 is 17.2 Å². The SMILES string of the molecule is Clc1ccn2cc(C3CCCO3)nc2c1. The van der Waals surface area contributed by atoms with Gasteiger partial charge < -0.3 is 9.14 Å². The first-order valence-corrected chi connectivity index (χ1v) is 5.46. The molecule has 3 nitrogen and oxygen atoms in total. The van der Waals surface area contributed by atoms with Gasteiger partial charge in [0.2, 0.25) is 0 Å². The normalized spacial score (nSPS) is 21.3. The fourth-order valence-electron chi connectivity index (χ4n) is 1.94. The molecule has 1 saturated heterocycles. The number of fused-ring (bicyclic) bond motifs is 1. The molecule has 0 spiro atoms. The molecule has 0 aliphatic carbocycles. The third kappa shape index (κ3) is 1.62. The maximum Gasteiger partial charge on any atom is 0.138 e. The van der Waals surface area contributed by atoms with Crippen molar-refractivity contribution in [2.24, 2.45) is 0 Å². The molecule has 15 heavy (non-hydrogen) atoms. The van der Waals surface area contributed by atoms with Crippen molar-refractivity contribution < 1.29 is 4.74 Å². The lowest BCUT2D eigenvalue weighted by Crippen LogP contribution is -1.94. The molecule has 78 valence electrons. The van der Waals surface area contributed by atoms with Gasteiger partial charge in [-0.3, -0.25) is 0 Å². The Morgan fingerprint density at radius 2 is 2.47 bits per heavy atom. The molecular weight excluding hydrogens is 212 g/mol. The summed E-state index contributed by atoms with van der Waals surface area (Å²) in [5, 5.41) is 0.715. The molecular formula is C11H11ClN2O. The standard InChI is InChI=1S/C11H11ClN2O/c12-8-3-4-14-7-9(13-11(14)6-8)10-2-1-5-15-10/h3-4,6-7,10H,1-2,5H2. The Bertz CT molecular complexity index is 488. The zero-order chi connectivity index (χ0) is 10.3. The fraction of sp³-hybridized carbons (Fsp3) is 0.364. The van der Waals surface area contributed by atoms with E-state index in [2.05, 4.69) is 4.98 Å². The van der Waals surface area contributed by atoms with Crippen LogP contribution in [0.5, 0.6) is 0 Å². The lowest BCUT2D eigenvalue weighted by Gasteiger charge is -2.03. The summed E-state index contributed by atoms with van der Waals surface area (Å²) in [7, 11) is 0. The highest BCUT2D eigenvalue weighted by atomic mass is 35.5. The van der Waals surface area contributed by atoms with Crippen molar-refractivity contribution in [2.45, 2.75) is 18.9 Å². The Morgan fingerprint density at radius 1 is 1.53 bits per heavy atom. The number of pyridine rings is 1. The summed E-state index contributed by atoms with van der Waals surface area (Å²) in [6, 6.07) is 3.72. The second-order valence-corrected chi connectivity index (χ2v) is 4.21. The van der Waals surface area contributed by atoms with Crippen LogP contribution in [0.1, 0.15) is 24.6 Å². The van der Waals surface area contributed by atoms with E-state index < -0.39 is 0 Å². The van der Waals surface area contributed by atoms with Crippen LogP contribution in [-0.4, -0.2) is 16.0 Å². The molecule has 4 heteroatoms. The minimum absolute atomic E-state index is 0.170. The van der Waals surface area contributed by atoms with Crippen LogP contribution in [0.25, 0.3) is 5.65 Å². The van der Waals surface area contributed by atoms with E-state index >= 15 is 0 Å². The second kappa shape index (κ2) is 3.51. The van der Waals surface area contributed by atoms with Gasteiger partial charge >= 0.3 is 0 Å². The monoisotopic (exact) mass is 222 g/mol. The predicted octanol–water partition coefficient (Wildman–Crippen LogP) is 2.84. The van der Waals surface area contributed by atoms with E-state index in [1.165, 1.54) is 0 Å². The summed E-state index contributed by atoms with van der Waals surface area (Å²) in [5.74, 6) is 0. The Labute approximate surface area is 92.6 Å². The number of nitrogens with zero attached hydrogens (tertiary/aromatic N) is 2. The third-order valence-corrected chi connectivity index (χ3v) is 2.94. The van der Waals surface area contributed by atoms with Gasteiger partial charge in [-0.25, -0.2) is 4.98 Å². The Balaban J connectivity index is 2.05. The van der Waals surface area contributed by atoms with Gasteiger partial charge in [0.05, 0.1) is 5.69 Å². The fourth-order valence-corrected chi connectivity index (χ4v) is 2.10. The van der Waals surface area contributed by atoms with Crippen LogP contribution in [-0.2, 0) is 4.74 Å². The molecule has 1 unspecified atom stereocenters. The van der Waals surface area contributed by atoms with Crippen LogP contribution in [0, 0.1) is 0 Å². The van der Waals surface area contributed by atoms with Crippen molar-refractivity contribution in [2.75, 3.05) is 6.61 Å². The molecule has 0 N–H and O–H groups in total. The maximum absolute atomic E-state index is 5.90. The summed E-state index contributed by atoms with van der Waals surface area (Å²) in [5.41, 5.74) is 1.89. The van der Waals surface area contributed by atoms with Gasteiger partial charge in [0.15, 0.2) is 0 Å². The van der Waals surface area contributed by atoms with Crippen LogP contribution in [0.3, 0.4) is 0 Å². The molecule has 0 radical (unpaired) electrons. The van der Waals surface area contributed by atoms with E-state index in [1.54, 1.807) is 0 Å². The molecule has 1 atom stereocenters. The van der Waals surface area contributed by atoms with Crippen LogP contribution in [0.4, 0.5) is 0 Å². The molecule has 1 aliphatic rings. The number of imidazole rings is 1. The lowest BCUT2D eigenvalue weighted by atomic mass is 10.2. The van der Waals surface area contributed by atoms with E-state index in [0.717, 1.165) is 30.8 Å². The number of hydrogen-bond acceptors (Lipinski definition) is 2. The van der Waals surface area contributed by atoms with Crippen molar-refractivity contribution in [1.29, 1.82) is 0 Å². The Kier molecular flexibility index (Phi) is 2.15. The summed E-state index contributed by atoms with van der Waals surface area (Å²) in [6.07, 6.45) is 6.30. The van der Waals surface area contributed by atoms with Gasteiger partial charge in [-0.15, -0.1) is 0 Å². The van der Waals surface area contributed by atoms with Gasteiger partial charge in [-0.1, -0.05) is 11.6 Å². The van der Waals surface area contributed by atoms with Crippen LogP contribution in [0.15, 0.2) is 24.5 Å². The summed E-state index contributed by atoms with van der Waals surface area (Å²) >= 11 is 5.90. The number of aromatic nitrogens is 2. The van der Waals surface area contributed by atoms with Gasteiger partial charge in [0.25, 0.3) is 0 Å². The van der Waals surface area contributed by atoms with Crippen molar-refractivity contribution in [1.82, 2.24) is 9.38 Å². The Morgan fingerprint density at radius 3 is 3.27 bits per heavy atom. The molecule has 0 bridgehead atoms. The largest absolute Gasteiger partial charge is 0.372 e. The smallest absolute Gasteiger partial charge is 0.138 e. The molecule has 0 amide bonds. The molecule has 0 saturated carbocycles. The summed E-state index contributed by atoms with van der Waals surface area (Å²) in [6.45, 7) is 0.847. The van der Waals surface area contributed by atoms with E-state index in [4.69, 9.17) is 16.3 Å². The molecule has 3 rings (SSSR count). The quantitative estimate of drug-likeness (QED) is 0.742. The Hall–Kier alpha value is -1.06. The topological polar surface area (TPSA) is 26.5 Å². The van der Waals surface area contributed by atoms with Gasteiger partial charge in [0, 0.05) is 24.0 Å². The first-order chi connectivity index (χ1) is 7.33. The molecule has 1 fully saturated rings. The van der Waals surface area contributed by atoms with Crippen LogP contribution in [0.2, 0.25) is 5.02 Å². The average Bonchev–Trinajstić information content (AvgIpc) is 2.84. The number of hydrogen-bond donors (Lipinski definition) is 0. The minimum atomic E-state index is 0.170. The van der Waals surface area contributed by atoms with Gasteiger partial charge in [-0.05, 0) is 25.0 Å². The van der Waals surface area contributed by atoms with Crippen molar-refractivity contribution in [3.8, 4) is 0 Å². The molecule has 1 aliphatic heterocycles. The van der Waals surface area contributed by atoms with Crippen molar-refractivity contribution in [3.05, 3.63) is 35.2 Å². The zero-order valence-electron chi connectivity index (χ0n) is 8.19. The second-order valence-electron chi connectivity index (χ2n) is 3.78. The third-order valence-electron chi connectivity index (χ3n) is 2.70. The molecule has 2 aromatic rings. The van der Waals surface area contributed by atoms with Crippen LogP contribution >= 0.6 is 11.6 Å². The minimum Gasteiger partial charge on any atom is -0.372 e. The molecule has 0 aromatic carbocycles. The number of rotatable bonds is 1. The average molecular weight is 223 g/mol. The van der Waals surface area contributed by atoms with E-state index in [-0.39, 0.29) is 6.10 Å². The number of halogens is 1. The molecule has 3 heterocycles. The molecule has 2 aromatic heterocycles. The summed E-state index contributed by atoms with van der Waals surface area (Å²) < 4.78 is 7.57. The van der Waals surface area contributed by atoms with Crippen LogP contribution < -0.4 is 0 Å². The van der Waals surface area contributed by atoms with Gasteiger partial charge in [-0.2, -0.15) is 0 Å². The number of ether oxygens (including phenoxy) is 1. The maximum atomic E-state index is 5.90. The first kappa shape index (κ1) is 9.19. The van der Waals surface area contributed by atoms with Gasteiger partial charge in [0.1, 0.15) is 11.8 Å². The first-order valence-electron chi connectivity index (χ1n) is 5.09. The highest BCUT2D eigenvalue weighted by molar-refractivity contribution is 6.30. The predicted molar refractivity (Wildman–Crippen MR) is 58.1 cm³/mol. The van der Waals surface area contributed by atoms with E-state index in [9.17, 15) is 0 Å². The highest BCUT2D eigenvalue weighted by Crippen LogP contribution is 2.28. The lowest BCUT2D eigenvalue weighted by molar-refractivity contribution is 0.109. The summed E-state index contributed by atoms with van der Waals surface area (Å²) in [4.78, 5) is 4.51.